The molecule has 0 atom stereocenters. The van der Waals surface area contributed by atoms with Crippen LogP contribution in [0.1, 0.15) is 38.2 Å². The Hall–Kier alpha value is -1.93. The quantitative estimate of drug-likeness (QED) is 0.616. The molecule has 1 aromatic rings. The van der Waals surface area contributed by atoms with Gasteiger partial charge in [-0.15, -0.1) is 4.40 Å². The molecule has 3 rings (SSSR count). The van der Waals surface area contributed by atoms with Crippen molar-refractivity contribution in [1.29, 1.82) is 0 Å². The van der Waals surface area contributed by atoms with E-state index in [4.69, 9.17) is 5.73 Å². The van der Waals surface area contributed by atoms with E-state index in [2.05, 4.69) is 9.50 Å². The number of rotatable bonds is 6. The van der Waals surface area contributed by atoms with Gasteiger partial charge in [0.25, 0.3) is 10.0 Å². The van der Waals surface area contributed by atoms with Crippen LogP contribution in [0, 0.1) is 5.41 Å². The predicted molar refractivity (Wildman–Crippen MR) is 98.5 cm³/mol. The number of hydrogen-bond donors (Lipinski definition) is 1. The lowest BCUT2D eigenvalue weighted by molar-refractivity contribution is 0.0498. The molecule has 25 heavy (non-hydrogen) atoms. The lowest BCUT2D eigenvalue weighted by Crippen LogP contribution is -2.40. The van der Waals surface area contributed by atoms with Crippen LogP contribution in [0.2, 0.25) is 0 Å². The number of nitrogens with zero attached hydrogens (tertiary/aromatic N) is 4. The largest absolute Gasteiger partial charge is 0.326 e. The molecule has 0 unspecified atom stereocenters. The van der Waals surface area contributed by atoms with Crippen molar-refractivity contribution < 1.29 is 8.42 Å². The molecule has 0 aromatic heterocycles. The third-order valence-electron chi connectivity index (χ3n) is 4.89. The fourth-order valence-electron chi connectivity index (χ4n) is 3.39. The van der Waals surface area contributed by atoms with Crippen LogP contribution in [-0.4, -0.2) is 44.2 Å². The molecule has 8 heteroatoms. The standard InChI is InChI=1S/C17H25N5O2S/c1-2-21(22-13-17(12-19-22)8-3-4-9-17)14-20-25(23,24)16-7-5-6-15(10-16)11-18/h5-7,10,12,14H,2-4,8-9,11,13,18H2,1H3. The Morgan fingerprint density at radius 1 is 1.40 bits per heavy atom. The highest BCUT2D eigenvalue weighted by atomic mass is 32.2. The van der Waals surface area contributed by atoms with E-state index < -0.39 is 10.0 Å². The Bertz CT molecular complexity index is 769. The average Bonchev–Trinajstić information content (AvgIpc) is 3.26. The Balaban J connectivity index is 1.73. The predicted octanol–water partition coefficient (Wildman–Crippen LogP) is 1.96. The summed E-state index contributed by atoms with van der Waals surface area (Å²) in [5.41, 5.74) is 6.49. The number of hydrogen-bond acceptors (Lipinski definition) is 5. The van der Waals surface area contributed by atoms with E-state index in [1.807, 2.05) is 18.3 Å². The Kier molecular flexibility index (Phi) is 5.10. The molecule has 0 bridgehead atoms. The van der Waals surface area contributed by atoms with Crippen molar-refractivity contribution in [3.05, 3.63) is 29.8 Å². The van der Waals surface area contributed by atoms with Crippen LogP contribution in [-0.2, 0) is 16.6 Å². The smallest absolute Gasteiger partial charge is 0.283 e. The normalized spacial score (nSPS) is 19.4. The summed E-state index contributed by atoms with van der Waals surface area (Å²) in [6, 6.07) is 6.56. The minimum atomic E-state index is -3.76. The third kappa shape index (κ3) is 3.85. The fraction of sp³-hybridized carbons (Fsp3) is 0.529. The van der Waals surface area contributed by atoms with Gasteiger partial charge in [0.15, 0.2) is 0 Å². The van der Waals surface area contributed by atoms with Crippen molar-refractivity contribution in [1.82, 2.24) is 10.1 Å². The molecule has 0 amide bonds. The minimum absolute atomic E-state index is 0.148. The highest BCUT2D eigenvalue weighted by Gasteiger charge is 2.39. The summed E-state index contributed by atoms with van der Waals surface area (Å²) >= 11 is 0. The van der Waals surface area contributed by atoms with Crippen LogP contribution < -0.4 is 5.73 Å². The summed E-state index contributed by atoms with van der Waals surface area (Å²) < 4.78 is 28.8. The molecule has 1 aliphatic heterocycles. The molecule has 1 heterocycles. The van der Waals surface area contributed by atoms with E-state index in [1.165, 1.54) is 25.2 Å². The molecule has 7 nitrogen and oxygen atoms in total. The number of benzene rings is 1. The van der Waals surface area contributed by atoms with E-state index in [-0.39, 0.29) is 10.3 Å². The summed E-state index contributed by atoms with van der Waals surface area (Å²) in [6.07, 6.45) is 8.13. The first-order valence-corrected chi connectivity index (χ1v) is 10.1. The summed E-state index contributed by atoms with van der Waals surface area (Å²) in [6.45, 7) is 3.62. The second kappa shape index (κ2) is 7.13. The minimum Gasteiger partial charge on any atom is -0.326 e. The van der Waals surface area contributed by atoms with Crippen LogP contribution in [0.15, 0.2) is 38.7 Å². The van der Waals surface area contributed by atoms with Gasteiger partial charge >= 0.3 is 0 Å². The van der Waals surface area contributed by atoms with Gasteiger partial charge in [0.1, 0.15) is 6.34 Å². The Morgan fingerprint density at radius 3 is 2.84 bits per heavy atom. The van der Waals surface area contributed by atoms with Crippen molar-refractivity contribution in [3.63, 3.8) is 0 Å². The monoisotopic (exact) mass is 363 g/mol. The first kappa shape index (κ1) is 17.9. The first-order valence-electron chi connectivity index (χ1n) is 8.67. The van der Waals surface area contributed by atoms with E-state index >= 15 is 0 Å². The maximum atomic E-state index is 12.5. The van der Waals surface area contributed by atoms with Gasteiger partial charge < -0.3 is 5.73 Å². The SMILES string of the molecule is CCN(C=NS(=O)(=O)c1cccc(CN)c1)N1CC2(C=N1)CCCC2. The molecule has 136 valence electrons. The first-order chi connectivity index (χ1) is 12.0. The molecule has 1 spiro atoms. The molecule has 0 saturated heterocycles. The number of sulfonamides is 1. The van der Waals surface area contributed by atoms with Crippen LogP contribution in [0.3, 0.4) is 0 Å². The average molecular weight is 363 g/mol. The van der Waals surface area contributed by atoms with Gasteiger partial charge in [0.05, 0.1) is 11.4 Å². The topological polar surface area (TPSA) is 91.4 Å². The van der Waals surface area contributed by atoms with Gasteiger partial charge in [0.2, 0.25) is 0 Å². The fourth-order valence-corrected chi connectivity index (χ4v) is 4.30. The van der Waals surface area contributed by atoms with Gasteiger partial charge in [-0.2, -0.15) is 13.5 Å². The summed E-state index contributed by atoms with van der Waals surface area (Å²) in [7, 11) is -3.76. The molecule has 1 fully saturated rings. The van der Waals surface area contributed by atoms with Gasteiger partial charge in [-0.3, -0.25) is 5.01 Å². The van der Waals surface area contributed by atoms with E-state index in [9.17, 15) is 8.42 Å². The van der Waals surface area contributed by atoms with E-state index in [0.29, 0.717) is 13.1 Å². The summed E-state index contributed by atoms with van der Waals surface area (Å²) in [5.74, 6) is 0. The van der Waals surface area contributed by atoms with Crippen LogP contribution >= 0.6 is 0 Å². The molecular weight excluding hydrogens is 338 g/mol. The van der Waals surface area contributed by atoms with Crippen molar-refractivity contribution in [2.75, 3.05) is 13.1 Å². The lowest BCUT2D eigenvalue weighted by atomic mass is 9.89. The molecule has 2 N–H and O–H groups in total. The lowest BCUT2D eigenvalue weighted by Gasteiger charge is -2.29. The van der Waals surface area contributed by atoms with Crippen molar-refractivity contribution >= 4 is 22.6 Å². The van der Waals surface area contributed by atoms with Gasteiger partial charge in [-0.05, 0) is 37.5 Å². The van der Waals surface area contributed by atoms with Crippen LogP contribution in [0.25, 0.3) is 0 Å². The second-order valence-corrected chi connectivity index (χ2v) is 8.28. The zero-order valence-corrected chi connectivity index (χ0v) is 15.3. The van der Waals surface area contributed by atoms with E-state index in [0.717, 1.165) is 24.9 Å². The summed E-state index contributed by atoms with van der Waals surface area (Å²) in [5, 5.41) is 8.04. The van der Waals surface area contributed by atoms with Crippen LogP contribution in [0.4, 0.5) is 0 Å². The molecule has 1 aromatic carbocycles. The highest BCUT2D eigenvalue weighted by Crippen LogP contribution is 2.40. The molecule has 0 radical (unpaired) electrons. The Morgan fingerprint density at radius 2 is 2.16 bits per heavy atom. The van der Waals surface area contributed by atoms with Crippen molar-refractivity contribution in [2.24, 2.45) is 20.6 Å². The zero-order chi connectivity index (χ0) is 17.9. The van der Waals surface area contributed by atoms with Gasteiger partial charge in [-0.25, -0.2) is 5.12 Å². The third-order valence-corrected chi connectivity index (χ3v) is 6.11. The molecule has 1 saturated carbocycles. The van der Waals surface area contributed by atoms with Gasteiger partial charge in [-0.1, -0.05) is 25.0 Å². The molecule has 2 aliphatic rings. The number of nitrogens with two attached hydrogens (primary N) is 1. The summed E-state index contributed by atoms with van der Waals surface area (Å²) in [4.78, 5) is 0.153. The van der Waals surface area contributed by atoms with E-state index in [1.54, 1.807) is 23.2 Å². The van der Waals surface area contributed by atoms with Crippen molar-refractivity contribution in [2.45, 2.75) is 44.0 Å². The second-order valence-electron chi connectivity index (χ2n) is 6.65. The number of hydrazine groups is 1. The molecular formula is C17H25N5O2S. The zero-order valence-electron chi connectivity index (χ0n) is 14.5. The van der Waals surface area contributed by atoms with Crippen LogP contribution in [0.5, 0.6) is 0 Å². The number of hydrazone groups is 1. The maximum Gasteiger partial charge on any atom is 0.283 e. The maximum absolute atomic E-state index is 12.5. The highest BCUT2D eigenvalue weighted by molar-refractivity contribution is 7.90. The van der Waals surface area contributed by atoms with Crippen molar-refractivity contribution in [3.8, 4) is 0 Å². The van der Waals surface area contributed by atoms with Gasteiger partial charge in [0, 0.05) is 24.7 Å². The molecule has 1 aliphatic carbocycles. The Labute approximate surface area is 149 Å².